The van der Waals surface area contributed by atoms with E-state index in [1.165, 1.54) is 35.1 Å². The molecule has 0 saturated carbocycles. The number of anilines is 1. The summed E-state index contributed by atoms with van der Waals surface area (Å²) in [7, 11) is 1.97. The average molecular weight is 637 g/mol. The van der Waals surface area contributed by atoms with Crippen LogP contribution >= 0.6 is 27.5 Å². The molecule has 39 heavy (non-hydrogen) atoms. The Labute approximate surface area is 240 Å². The fourth-order valence-corrected chi connectivity index (χ4v) is 5.92. The first-order valence-corrected chi connectivity index (χ1v) is 14.3. The van der Waals surface area contributed by atoms with E-state index < -0.39 is 27.8 Å². The van der Waals surface area contributed by atoms with Crippen LogP contribution < -0.4 is 15.5 Å². The predicted molar refractivity (Wildman–Crippen MR) is 153 cm³/mol. The van der Waals surface area contributed by atoms with Gasteiger partial charge in [0.25, 0.3) is 11.8 Å². The molecule has 0 aliphatic carbocycles. The van der Waals surface area contributed by atoms with E-state index in [-0.39, 0.29) is 39.1 Å². The van der Waals surface area contributed by atoms with Crippen molar-refractivity contribution in [3.05, 3.63) is 68.5 Å². The normalized spacial score (nSPS) is 13.3. The summed E-state index contributed by atoms with van der Waals surface area (Å²) in [6.45, 7) is 3.36. The van der Waals surface area contributed by atoms with Crippen LogP contribution in [0.2, 0.25) is 5.02 Å². The van der Waals surface area contributed by atoms with Gasteiger partial charge >= 0.3 is 0 Å². The molecule has 2 amide bonds. The third-order valence-corrected chi connectivity index (χ3v) is 8.15. The molecule has 15 heteroatoms. The monoisotopic (exact) mass is 635 g/mol. The highest BCUT2D eigenvalue weighted by atomic mass is 79.9. The Bertz CT molecular complexity index is 1580. The molecule has 0 radical (unpaired) electrons. The van der Waals surface area contributed by atoms with Gasteiger partial charge in [0, 0.05) is 39.4 Å². The Balaban J connectivity index is 1.95. The molecule has 2 aromatic heterocycles. The van der Waals surface area contributed by atoms with Crippen molar-refractivity contribution in [2.75, 3.05) is 32.2 Å². The number of halogens is 2. The molecule has 3 aromatic rings. The maximum Gasteiger partial charge on any atom is 0.274 e. The molecule has 3 rings (SSSR count). The molecule has 2 atom stereocenters. The van der Waals surface area contributed by atoms with E-state index in [4.69, 9.17) is 11.6 Å². The molecule has 3 N–H and O–H groups in total. The number of nitrogens with one attached hydrogen (secondary N) is 3. The van der Waals surface area contributed by atoms with Crippen LogP contribution in [0.1, 0.15) is 38.9 Å². The molecular formula is C24H27BrClN9O3S. The second kappa shape index (κ2) is 12.7. The first-order chi connectivity index (χ1) is 18.4. The fourth-order valence-electron chi connectivity index (χ4n) is 3.70. The van der Waals surface area contributed by atoms with Gasteiger partial charge in [-0.05, 0) is 59.6 Å². The lowest BCUT2D eigenvalue weighted by Crippen LogP contribution is -2.44. The molecule has 0 aliphatic rings. The maximum atomic E-state index is 13.4. The number of hydrogen-bond donors (Lipinski definition) is 3. The van der Waals surface area contributed by atoms with E-state index in [9.17, 15) is 19.1 Å². The van der Waals surface area contributed by atoms with Crippen LogP contribution in [0.4, 0.5) is 5.69 Å². The lowest BCUT2D eigenvalue weighted by Gasteiger charge is -2.21. The molecule has 0 aliphatic heterocycles. The van der Waals surface area contributed by atoms with Crippen LogP contribution in [-0.2, 0) is 9.92 Å². The summed E-state index contributed by atoms with van der Waals surface area (Å²) in [5.41, 5.74) is 1.09. The zero-order chi connectivity index (χ0) is 28.9. The zero-order valence-electron chi connectivity index (χ0n) is 21.8. The van der Waals surface area contributed by atoms with Crippen molar-refractivity contribution in [1.82, 2.24) is 29.9 Å². The molecule has 0 fully saturated rings. The number of aryl methyl sites for hydroxylation is 1. The molecular weight excluding hydrogens is 610 g/mol. The van der Waals surface area contributed by atoms with Crippen molar-refractivity contribution >= 4 is 54.9 Å². The van der Waals surface area contributed by atoms with Gasteiger partial charge in [-0.1, -0.05) is 11.6 Å². The highest BCUT2D eigenvalue weighted by Crippen LogP contribution is 2.26. The largest absolute Gasteiger partial charge is 0.349 e. The SMILES string of the molecule is CN=S(=O)(CC(C)NC(=O)c1cc(C#N)cc(C)c1NC(=O)c1cc(Br)nn1-c1ncccc1Cl)NN(C)C. The minimum atomic E-state index is -2.84. The van der Waals surface area contributed by atoms with Gasteiger partial charge in [-0.2, -0.15) is 15.2 Å². The van der Waals surface area contributed by atoms with Gasteiger partial charge in [-0.15, -0.1) is 0 Å². The van der Waals surface area contributed by atoms with Gasteiger partial charge in [0.05, 0.1) is 33.7 Å². The smallest absolute Gasteiger partial charge is 0.274 e. The first kappa shape index (κ1) is 30.2. The number of amides is 2. The number of carbonyl (C=O) groups is 2. The lowest BCUT2D eigenvalue weighted by molar-refractivity contribution is 0.0944. The van der Waals surface area contributed by atoms with Crippen LogP contribution in [0.25, 0.3) is 5.82 Å². The number of carbonyl (C=O) groups excluding carboxylic acids is 2. The van der Waals surface area contributed by atoms with Crippen LogP contribution in [0, 0.1) is 18.3 Å². The Hall–Kier alpha value is -3.35. The van der Waals surface area contributed by atoms with Crippen LogP contribution in [0.15, 0.2) is 45.5 Å². The summed E-state index contributed by atoms with van der Waals surface area (Å²) in [4.78, 5) is 33.8. The summed E-state index contributed by atoms with van der Waals surface area (Å²) in [6, 6.07) is 9.16. The van der Waals surface area contributed by atoms with Crippen molar-refractivity contribution in [2.24, 2.45) is 4.36 Å². The number of nitrogens with zero attached hydrogens (tertiary/aromatic N) is 6. The van der Waals surface area contributed by atoms with Crippen molar-refractivity contribution in [3.8, 4) is 11.9 Å². The Morgan fingerprint density at radius 3 is 2.64 bits per heavy atom. The van der Waals surface area contributed by atoms with E-state index >= 15 is 0 Å². The molecule has 2 heterocycles. The summed E-state index contributed by atoms with van der Waals surface area (Å²) < 4.78 is 18.6. The second-order valence-electron chi connectivity index (χ2n) is 8.70. The highest BCUT2D eigenvalue weighted by molar-refractivity contribution is 9.10. The molecule has 12 nitrogen and oxygen atoms in total. The number of nitriles is 1. The quantitative estimate of drug-likeness (QED) is 0.304. The van der Waals surface area contributed by atoms with E-state index in [0.717, 1.165) is 0 Å². The Morgan fingerprint density at radius 1 is 1.31 bits per heavy atom. The number of aromatic nitrogens is 3. The molecule has 0 spiro atoms. The first-order valence-electron chi connectivity index (χ1n) is 11.5. The number of rotatable bonds is 9. The van der Waals surface area contributed by atoms with E-state index in [1.54, 1.807) is 46.1 Å². The topological polar surface area (TPSA) is 157 Å². The molecule has 206 valence electrons. The second-order valence-corrected chi connectivity index (χ2v) is 12.1. The van der Waals surface area contributed by atoms with Gasteiger partial charge in [-0.3, -0.25) is 9.59 Å². The van der Waals surface area contributed by atoms with Crippen molar-refractivity contribution < 1.29 is 13.8 Å². The Kier molecular flexibility index (Phi) is 9.81. The van der Waals surface area contributed by atoms with Gasteiger partial charge in [0.15, 0.2) is 5.82 Å². The van der Waals surface area contributed by atoms with Crippen molar-refractivity contribution in [2.45, 2.75) is 19.9 Å². The van der Waals surface area contributed by atoms with Gasteiger partial charge in [0.2, 0.25) is 0 Å². The third kappa shape index (κ3) is 7.40. The minimum absolute atomic E-state index is 0.0179. The number of hydrogen-bond acceptors (Lipinski definition) is 8. The summed E-state index contributed by atoms with van der Waals surface area (Å²) in [5.74, 6) is -0.894. The number of benzene rings is 1. The van der Waals surface area contributed by atoms with E-state index in [1.807, 2.05) is 6.07 Å². The van der Waals surface area contributed by atoms with E-state index in [2.05, 4.69) is 45.8 Å². The van der Waals surface area contributed by atoms with Gasteiger partial charge in [0.1, 0.15) is 20.2 Å². The van der Waals surface area contributed by atoms with Crippen LogP contribution in [0.5, 0.6) is 0 Å². The third-order valence-electron chi connectivity index (χ3n) is 5.27. The fraction of sp³-hybridized carbons (Fsp3) is 0.292. The average Bonchev–Trinajstić information content (AvgIpc) is 3.25. The van der Waals surface area contributed by atoms with Gasteiger partial charge in [-0.25, -0.2) is 23.2 Å². The number of pyridine rings is 1. The molecule has 0 saturated heterocycles. The standard InChI is InChI=1S/C24H27BrClN9O3S/c1-14-9-16(12-27)10-17(23(36)30-15(2)13-39(38,28-3)33-34(4)5)21(14)31-24(37)19-11-20(25)32-35(19)22-18(26)7-6-8-29-22/h6-11,15H,13H2,1-5H3,(H,30,36)(H,31,37)(H,28,33,38). The molecule has 0 bridgehead atoms. The van der Waals surface area contributed by atoms with E-state index in [0.29, 0.717) is 10.2 Å². The summed E-state index contributed by atoms with van der Waals surface area (Å²) in [6.07, 6.45) is 1.52. The van der Waals surface area contributed by atoms with Gasteiger partial charge < -0.3 is 10.6 Å². The lowest BCUT2D eigenvalue weighted by atomic mass is 10.0. The highest BCUT2D eigenvalue weighted by Gasteiger charge is 2.24. The van der Waals surface area contributed by atoms with Crippen molar-refractivity contribution in [3.63, 3.8) is 0 Å². The zero-order valence-corrected chi connectivity index (χ0v) is 25.0. The molecule has 1 aromatic carbocycles. The summed E-state index contributed by atoms with van der Waals surface area (Å²) in [5, 5.41) is 21.1. The summed E-state index contributed by atoms with van der Waals surface area (Å²) >= 11 is 9.55. The van der Waals surface area contributed by atoms with Crippen LogP contribution in [-0.4, -0.2) is 68.7 Å². The van der Waals surface area contributed by atoms with Crippen molar-refractivity contribution in [1.29, 1.82) is 5.26 Å². The maximum absolute atomic E-state index is 13.4. The minimum Gasteiger partial charge on any atom is -0.349 e. The Morgan fingerprint density at radius 2 is 2.03 bits per heavy atom. The molecule has 2 unspecified atom stereocenters. The number of hydrazine groups is 1. The van der Waals surface area contributed by atoms with Crippen LogP contribution in [0.3, 0.4) is 0 Å². The predicted octanol–water partition coefficient (Wildman–Crippen LogP) is 3.31.